The Kier molecular flexibility index (Phi) is 5.33. The Morgan fingerprint density at radius 2 is 2.14 bits per heavy atom. The van der Waals surface area contributed by atoms with Gasteiger partial charge in [0.2, 0.25) is 5.91 Å². The summed E-state index contributed by atoms with van der Waals surface area (Å²) >= 11 is 0. The molecule has 2 N–H and O–H groups in total. The lowest BCUT2D eigenvalue weighted by atomic mass is 10.1. The van der Waals surface area contributed by atoms with E-state index in [0.717, 1.165) is 18.4 Å². The minimum absolute atomic E-state index is 0.114. The average Bonchev–Trinajstić information content (AvgIpc) is 2.45. The number of amides is 2. The molecule has 1 atom stereocenters. The van der Waals surface area contributed by atoms with Crippen LogP contribution in [0.2, 0.25) is 0 Å². The number of hydrogen-bond acceptors (Lipinski definition) is 3. The molecule has 2 amide bonds. The number of aliphatic hydroxyl groups is 1. The number of β-amino-alcohol motifs (C(OH)–C–C–N with tert-alkyl or cyclic N) is 1. The second-order valence-electron chi connectivity index (χ2n) is 5.84. The molecule has 1 unspecified atom stereocenters. The highest BCUT2D eigenvalue weighted by Gasteiger charge is 2.23. The van der Waals surface area contributed by atoms with Gasteiger partial charge in [-0.2, -0.15) is 0 Å². The first-order valence-electron chi connectivity index (χ1n) is 7.49. The molecule has 0 aliphatic carbocycles. The van der Waals surface area contributed by atoms with Gasteiger partial charge in [0.05, 0.1) is 6.10 Å². The third-order valence-electron chi connectivity index (χ3n) is 3.48. The molecule has 5 nitrogen and oxygen atoms in total. The number of nitrogens with zero attached hydrogens (tertiary/aromatic N) is 1. The lowest BCUT2D eigenvalue weighted by Crippen LogP contribution is -2.42. The van der Waals surface area contributed by atoms with E-state index in [1.54, 1.807) is 29.2 Å². The molecule has 1 aromatic rings. The van der Waals surface area contributed by atoms with Crippen LogP contribution >= 0.6 is 0 Å². The highest BCUT2D eigenvalue weighted by Crippen LogP contribution is 2.17. The number of allylic oxidation sites excluding steroid dienone is 1. The Balaban J connectivity index is 2.09. The fourth-order valence-corrected chi connectivity index (χ4v) is 2.49. The highest BCUT2D eigenvalue weighted by atomic mass is 16.3. The lowest BCUT2D eigenvalue weighted by molar-refractivity contribution is -0.111. The highest BCUT2D eigenvalue weighted by molar-refractivity contribution is 6.01. The van der Waals surface area contributed by atoms with Gasteiger partial charge in [0, 0.05) is 30.4 Å². The maximum absolute atomic E-state index is 12.5. The van der Waals surface area contributed by atoms with Crippen LogP contribution in [0.3, 0.4) is 0 Å². The average molecular weight is 302 g/mol. The van der Waals surface area contributed by atoms with Gasteiger partial charge in [-0.15, -0.1) is 0 Å². The van der Waals surface area contributed by atoms with Crippen molar-refractivity contribution in [1.82, 2.24) is 4.90 Å². The maximum atomic E-state index is 12.5. The first-order valence-corrected chi connectivity index (χ1v) is 7.49. The van der Waals surface area contributed by atoms with Gasteiger partial charge in [-0.05, 0) is 44.9 Å². The predicted molar refractivity (Wildman–Crippen MR) is 85.6 cm³/mol. The predicted octanol–water partition coefficient (Wildman–Crippen LogP) is 2.19. The zero-order valence-electron chi connectivity index (χ0n) is 13.0. The van der Waals surface area contributed by atoms with E-state index in [-0.39, 0.29) is 11.8 Å². The molecule has 1 aromatic carbocycles. The van der Waals surface area contributed by atoms with Crippen LogP contribution in [-0.4, -0.2) is 41.0 Å². The van der Waals surface area contributed by atoms with Crippen LogP contribution in [0.5, 0.6) is 0 Å². The second kappa shape index (κ2) is 7.22. The standard InChI is InChI=1S/C17H22N2O3/c1-12(2)9-16(21)18-14-6-3-5-13(10-14)17(22)19-8-4-7-15(20)11-19/h3,5-6,9-10,15,20H,4,7-8,11H2,1-2H3,(H,18,21). The van der Waals surface area contributed by atoms with E-state index in [9.17, 15) is 14.7 Å². The summed E-state index contributed by atoms with van der Waals surface area (Å²) in [6.07, 6.45) is 2.61. The Hall–Kier alpha value is -2.14. The van der Waals surface area contributed by atoms with Crippen molar-refractivity contribution in [3.05, 3.63) is 41.5 Å². The van der Waals surface area contributed by atoms with Gasteiger partial charge in [-0.3, -0.25) is 9.59 Å². The van der Waals surface area contributed by atoms with Crippen molar-refractivity contribution in [1.29, 1.82) is 0 Å². The van der Waals surface area contributed by atoms with Crippen LogP contribution in [0.1, 0.15) is 37.0 Å². The molecule has 0 bridgehead atoms. The van der Waals surface area contributed by atoms with Gasteiger partial charge in [0.25, 0.3) is 5.91 Å². The molecule has 118 valence electrons. The summed E-state index contributed by atoms with van der Waals surface area (Å²) in [4.78, 5) is 25.8. The Morgan fingerprint density at radius 3 is 2.82 bits per heavy atom. The number of piperidine rings is 1. The van der Waals surface area contributed by atoms with E-state index >= 15 is 0 Å². The molecular formula is C17H22N2O3. The third-order valence-corrected chi connectivity index (χ3v) is 3.48. The molecule has 1 saturated heterocycles. The smallest absolute Gasteiger partial charge is 0.254 e. The molecule has 0 radical (unpaired) electrons. The summed E-state index contributed by atoms with van der Waals surface area (Å²) in [5.41, 5.74) is 2.02. The number of carbonyl (C=O) groups excluding carboxylic acids is 2. The number of hydrogen-bond donors (Lipinski definition) is 2. The van der Waals surface area contributed by atoms with Gasteiger partial charge in [0.15, 0.2) is 0 Å². The van der Waals surface area contributed by atoms with Crippen LogP contribution in [0.15, 0.2) is 35.9 Å². The van der Waals surface area contributed by atoms with E-state index in [1.807, 2.05) is 13.8 Å². The van der Waals surface area contributed by atoms with Crippen molar-refractivity contribution in [3.63, 3.8) is 0 Å². The van der Waals surface area contributed by atoms with Crippen molar-refractivity contribution in [2.45, 2.75) is 32.8 Å². The van der Waals surface area contributed by atoms with E-state index in [2.05, 4.69) is 5.32 Å². The Labute approximate surface area is 130 Å². The van der Waals surface area contributed by atoms with Crippen molar-refractivity contribution in [3.8, 4) is 0 Å². The molecular weight excluding hydrogens is 280 g/mol. The lowest BCUT2D eigenvalue weighted by Gasteiger charge is -2.30. The molecule has 1 aliphatic rings. The van der Waals surface area contributed by atoms with Crippen molar-refractivity contribution >= 4 is 17.5 Å². The van der Waals surface area contributed by atoms with Gasteiger partial charge < -0.3 is 15.3 Å². The summed E-state index contributed by atoms with van der Waals surface area (Å²) < 4.78 is 0. The van der Waals surface area contributed by atoms with Crippen LogP contribution in [0, 0.1) is 0 Å². The summed E-state index contributed by atoms with van der Waals surface area (Å²) in [5, 5.41) is 12.4. The zero-order chi connectivity index (χ0) is 16.1. The topological polar surface area (TPSA) is 69.6 Å². The quantitative estimate of drug-likeness (QED) is 0.841. The molecule has 2 rings (SSSR count). The number of rotatable bonds is 3. The molecule has 22 heavy (non-hydrogen) atoms. The molecule has 1 aliphatic heterocycles. The number of anilines is 1. The van der Waals surface area contributed by atoms with Gasteiger partial charge in [0.1, 0.15) is 0 Å². The van der Waals surface area contributed by atoms with Crippen molar-refractivity contribution in [2.75, 3.05) is 18.4 Å². The van der Waals surface area contributed by atoms with E-state index in [1.165, 1.54) is 6.08 Å². The second-order valence-corrected chi connectivity index (χ2v) is 5.84. The molecule has 5 heteroatoms. The van der Waals surface area contributed by atoms with E-state index in [0.29, 0.717) is 24.3 Å². The maximum Gasteiger partial charge on any atom is 0.254 e. The molecule has 0 spiro atoms. The van der Waals surface area contributed by atoms with Crippen LogP contribution in [0.4, 0.5) is 5.69 Å². The number of carbonyl (C=O) groups is 2. The fourth-order valence-electron chi connectivity index (χ4n) is 2.49. The van der Waals surface area contributed by atoms with Crippen LogP contribution in [0.25, 0.3) is 0 Å². The van der Waals surface area contributed by atoms with Gasteiger partial charge >= 0.3 is 0 Å². The van der Waals surface area contributed by atoms with E-state index < -0.39 is 6.10 Å². The van der Waals surface area contributed by atoms with Crippen LogP contribution < -0.4 is 5.32 Å². The fraction of sp³-hybridized carbons (Fsp3) is 0.412. The largest absolute Gasteiger partial charge is 0.391 e. The van der Waals surface area contributed by atoms with Gasteiger partial charge in [-0.1, -0.05) is 11.6 Å². The summed E-state index contributed by atoms with van der Waals surface area (Å²) in [6, 6.07) is 6.88. The summed E-state index contributed by atoms with van der Waals surface area (Å²) in [7, 11) is 0. The number of benzene rings is 1. The van der Waals surface area contributed by atoms with Gasteiger partial charge in [-0.25, -0.2) is 0 Å². The Morgan fingerprint density at radius 1 is 1.36 bits per heavy atom. The van der Waals surface area contributed by atoms with Crippen LogP contribution in [-0.2, 0) is 4.79 Å². The number of aliphatic hydroxyl groups excluding tert-OH is 1. The van der Waals surface area contributed by atoms with Crippen molar-refractivity contribution in [2.24, 2.45) is 0 Å². The SMILES string of the molecule is CC(C)=CC(=O)Nc1cccc(C(=O)N2CCCC(O)C2)c1. The molecule has 0 saturated carbocycles. The zero-order valence-corrected chi connectivity index (χ0v) is 13.0. The molecule has 1 heterocycles. The minimum Gasteiger partial charge on any atom is -0.391 e. The van der Waals surface area contributed by atoms with Crippen molar-refractivity contribution < 1.29 is 14.7 Å². The summed E-state index contributed by atoms with van der Waals surface area (Å²) in [6.45, 7) is 4.72. The monoisotopic (exact) mass is 302 g/mol. The van der Waals surface area contributed by atoms with E-state index in [4.69, 9.17) is 0 Å². The number of nitrogens with one attached hydrogen (secondary N) is 1. The summed E-state index contributed by atoms with van der Waals surface area (Å²) in [5.74, 6) is -0.324. The molecule has 0 aromatic heterocycles. The Bertz CT molecular complexity index is 591. The minimum atomic E-state index is -0.446. The number of likely N-dealkylation sites (tertiary alicyclic amines) is 1. The molecule has 1 fully saturated rings. The first kappa shape index (κ1) is 16.2. The normalized spacial score (nSPS) is 17.8. The first-order chi connectivity index (χ1) is 10.5. The third kappa shape index (κ3) is 4.43.